The molecule has 1 aliphatic rings. The minimum absolute atomic E-state index is 0.199. The summed E-state index contributed by atoms with van der Waals surface area (Å²) >= 11 is 6.01. The Balaban J connectivity index is 1.80. The van der Waals surface area contributed by atoms with Crippen LogP contribution in [0.1, 0.15) is 47.7 Å². The van der Waals surface area contributed by atoms with Gasteiger partial charge in [-0.1, -0.05) is 41.9 Å². The van der Waals surface area contributed by atoms with E-state index in [9.17, 15) is 14.4 Å². The van der Waals surface area contributed by atoms with Gasteiger partial charge in [-0.15, -0.1) is 0 Å². The molecule has 1 N–H and O–H groups in total. The molecule has 3 aromatic rings. The van der Waals surface area contributed by atoms with Crippen LogP contribution in [-0.4, -0.2) is 39.3 Å². The molecule has 1 aliphatic heterocycles. The van der Waals surface area contributed by atoms with E-state index in [0.29, 0.717) is 16.1 Å². The molecule has 30 heavy (non-hydrogen) atoms. The predicted octanol–water partition coefficient (Wildman–Crippen LogP) is 4.05. The fraction of sp³-hybridized carbons (Fsp3) is 0.261. The maximum absolute atomic E-state index is 13.4. The van der Waals surface area contributed by atoms with Gasteiger partial charge < -0.3 is 10.2 Å². The Morgan fingerprint density at radius 2 is 1.73 bits per heavy atom. The Morgan fingerprint density at radius 3 is 2.40 bits per heavy atom. The van der Waals surface area contributed by atoms with E-state index in [1.807, 2.05) is 45.0 Å². The monoisotopic (exact) mass is 423 g/mol. The van der Waals surface area contributed by atoms with Crippen molar-refractivity contribution in [3.8, 4) is 0 Å². The first-order valence-electron chi connectivity index (χ1n) is 9.68. The molecule has 4 rings (SSSR count). The van der Waals surface area contributed by atoms with Crippen molar-refractivity contribution in [2.45, 2.75) is 32.4 Å². The van der Waals surface area contributed by atoms with Crippen molar-refractivity contribution in [1.82, 2.24) is 14.8 Å². The van der Waals surface area contributed by atoms with Crippen LogP contribution in [0.4, 0.5) is 0 Å². The number of halogens is 1. The third-order valence-electron chi connectivity index (χ3n) is 4.99. The normalized spacial score (nSPS) is 15.3. The Bertz CT molecular complexity index is 1160. The van der Waals surface area contributed by atoms with Crippen molar-refractivity contribution in [3.05, 3.63) is 70.9 Å². The van der Waals surface area contributed by atoms with Crippen LogP contribution in [0.2, 0.25) is 5.02 Å². The molecule has 154 valence electrons. The quantitative estimate of drug-likeness (QED) is 0.690. The Morgan fingerprint density at radius 1 is 1.07 bits per heavy atom. The SMILES string of the molecule is CC(C)(C)NC(=O)C(c1ccc(Cl)cc1)N1CC(=O)n2c(cc3ccccc32)C1=O. The molecule has 1 aromatic heterocycles. The summed E-state index contributed by atoms with van der Waals surface area (Å²) in [5.41, 5.74) is 1.04. The van der Waals surface area contributed by atoms with Gasteiger partial charge in [-0.2, -0.15) is 0 Å². The van der Waals surface area contributed by atoms with E-state index in [2.05, 4.69) is 5.32 Å². The van der Waals surface area contributed by atoms with Gasteiger partial charge in [0.15, 0.2) is 0 Å². The van der Waals surface area contributed by atoms with Gasteiger partial charge in [0, 0.05) is 15.9 Å². The number of nitrogens with zero attached hydrogens (tertiary/aromatic N) is 2. The summed E-state index contributed by atoms with van der Waals surface area (Å²) in [7, 11) is 0. The lowest BCUT2D eigenvalue weighted by molar-refractivity contribution is -0.127. The van der Waals surface area contributed by atoms with Gasteiger partial charge in [-0.25, -0.2) is 0 Å². The van der Waals surface area contributed by atoms with Crippen LogP contribution < -0.4 is 5.32 Å². The first-order valence-corrected chi connectivity index (χ1v) is 10.1. The molecule has 6 nitrogen and oxygen atoms in total. The number of hydrogen-bond donors (Lipinski definition) is 1. The lowest BCUT2D eigenvalue weighted by Crippen LogP contribution is -2.53. The standard InChI is InChI=1S/C23H22ClN3O3/c1-23(2,3)25-21(29)20(14-8-10-16(24)11-9-14)26-13-19(28)27-17-7-5-4-6-15(17)12-18(27)22(26)30/h4-12,20H,13H2,1-3H3,(H,25,29). The topological polar surface area (TPSA) is 71.4 Å². The molecular weight excluding hydrogens is 402 g/mol. The third-order valence-corrected chi connectivity index (χ3v) is 5.24. The van der Waals surface area contributed by atoms with Crippen molar-refractivity contribution < 1.29 is 14.4 Å². The highest BCUT2D eigenvalue weighted by atomic mass is 35.5. The molecule has 1 unspecified atom stereocenters. The van der Waals surface area contributed by atoms with Gasteiger partial charge in [0.2, 0.25) is 5.91 Å². The van der Waals surface area contributed by atoms with E-state index in [1.54, 1.807) is 30.3 Å². The van der Waals surface area contributed by atoms with Crippen molar-refractivity contribution >= 4 is 40.2 Å². The number of rotatable bonds is 3. The number of benzene rings is 2. The maximum Gasteiger partial charge on any atom is 0.272 e. The second kappa shape index (κ2) is 7.29. The van der Waals surface area contributed by atoms with Crippen LogP contribution >= 0.6 is 11.6 Å². The summed E-state index contributed by atoms with van der Waals surface area (Å²) in [6, 6.07) is 14.8. The molecule has 2 amide bonds. The molecule has 0 saturated heterocycles. The number of carbonyl (C=O) groups excluding carboxylic acids is 3. The van der Waals surface area contributed by atoms with Crippen molar-refractivity contribution in [3.63, 3.8) is 0 Å². The van der Waals surface area contributed by atoms with E-state index in [0.717, 1.165) is 5.39 Å². The summed E-state index contributed by atoms with van der Waals surface area (Å²) in [5.74, 6) is -0.973. The number of hydrogen-bond acceptors (Lipinski definition) is 3. The van der Waals surface area contributed by atoms with Gasteiger partial charge in [0.05, 0.1) is 5.52 Å². The highest BCUT2D eigenvalue weighted by Crippen LogP contribution is 2.30. The smallest absolute Gasteiger partial charge is 0.272 e. The first-order chi connectivity index (χ1) is 14.2. The number of fused-ring (bicyclic) bond motifs is 3. The Kier molecular flexibility index (Phi) is 4.90. The average Bonchev–Trinajstić information content (AvgIpc) is 3.06. The third kappa shape index (κ3) is 3.59. The van der Waals surface area contributed by atoms with Crippen molar-refractivity contribution in [2.24, 2.45) is 0 Å². The van der Waals surface area contributed by atoms with Crippen LogP contribution in [-0.2, 0) is 4.79 Å². The molecule has 2 heterocycles. The first kappa shape index (κ1) is 20.2. The largest absolute Gasteiger partial charge is 0.349 e. The molecule has 0 radical (unpaired) electrons. The molecule has 7 heteroatoms. The summed E-state index contributed by atoms with van der Waals surface area (Å²) in [5, 5.41) is 4.26. The molecule has 0 fully saturated rings. The fourth-order valence-electron chi connectivity index (χ4n) is 3.78. The predicted molar refractivity (Wildman–Crippen MR) is 116 cm³/mol. The Labute approximate surface area is 179 Å². The van der Waals surface area contributed by atoms with E-state index >= 15 is 0 Å². The zero-order chi connectivity index (χ0) is 21.6. The highest BCUT2D eigenvalue weighted by molar-refractivity contribution is 6.30. The van der Waals surface area contributed by atoms with Gasteiger partial charge >= 0.3 is 0 Å². The zero-order valence-electron chi connectivity index (χ0n) is 17.0. The minimum Gasteiger partial charge on any atom is -0.349 e. The molecule has 0 bridgehead atoms. The van der Waals surface area contributed by atoms with Crippen molar-refractivity contribution in [1.29, 1.82) is 0 Å². The Hall–Kier alpha value is -3.12. The van der Waals surface area contributed by atoms with Gasteiger partial charge in [0.25, 0.3) is 11.8 Å². The van der Waals surface area contributed by atoms with Crippen LogP contribution in [0.25, 0.3) is 10.9 Å². The van der Waals surface area contributed by atoms with Crippen LogP contribution in [0, 0.1) is 0 Å². The number of carbonyl (C=O) groups is 3. The lowest BCUT2D eigenvalue weighted by atomic mass is 10.0. The molecule has 1 atom stereocenters. The summed E-state index contributed by atoms with van der Waals surface area (Å²) in [6.07, 6.45) is 0. The van der Waals surface area contributed by atoms with E-state index in [4.69, 9.17) is 11.6 Å². The van der Waals surface area contributed by atoms with E-state index in [1.165, 1.54) is 9.47 Å². The van der Waals surface area contributed by atoms with Crippen LogP contribution in [0.15, 0.2) is 54.6 Å². The lowest BCUT2D eigenvalue weighted by Gasteiger charge is -2.35. The number of nitrogens with one attached hydrogen (secondary N) is 1. The van der Waals surface area contributed by atoms with Gasteiger partial charge in [0.1, 0.15) is 18.3 Å². The number of aromatic nitrogens is 1. The number of para-hydroxylation sites is 1. The molecule has 2 aromatic carbocycles. The molecule has 0 saturated carbocycles. The van der Waals surface area contributed by atoms with Crippen LogP contribution in [0.3, 0.4) is 0 Å². The van der Waals surface area contributed by atoms with Gasteiger partial charge in [-0.05, 0) is 50.6 Å². The van der Waals surface area contributed by atoms with Crippen LogP contribution in [0.5, 0.6) is 0 Å². The molecule has 0 aliphatic carbocycles. The van der Waals surface area contributed by atoms with Crippen molar-refractivity contribution in [2.75, 3.05) is 6.54 Å². The summed E-state index contributed by atoms with van der Waals surface area (Å²) < 4.78 is 1.44. The second-order valence-electron chi connectivity index (χ2n) is 8.44. The van der Waals surface area contributed by atoms with Gasteiger partial charge in [-0.3, -0.25) is 19.0 Å². The zero-order valence-corrected chi connectivity index (χ0v) is 17.7. The second-order valence-corrected chi connectivity index (χ2v) is 8.88. The minimum atomic E-state index is -0.954. The van der Waals surface area contributed by atoms with E-state index in [-0.39, 0.29) is 30.0 Å². The number of amides is 2. The highest BCUT2D eigenvalue weighted by Gasteiger charge is 2.40. The van der Waals surface area contributed by atoms with E-state index < -0.39 is 11.6 Å². The fourth-order valence-corrected chi connectivity index (χ4v) is 3.91. The average molecular weight is 424 g/mol. The maximum atomic E-state index is 13.4. The summed E-state index contributed by atoms with van der Waals surface area (Å²) in [4.78, 5) is 41.0. The molecule has 0 spiro atoms. The summed E-state index contributed by atoms with van der Waals surface area (Å²) in [6.45, 7) is 5.40. The molecular formula is C23H22ClN3O3.